The summed E-state index contributed by atoms with van der Waals surface area (Å²) in [5, 5.41) is 2.70. The Balaban J connectivity index is 1.61. The maximum atomic E-state index is 12.5. The van der Waals surface area contributed by atoms with Crippen molar-refractivity contribution in [2.24, 2.45) is 0 Å². The molecule has 1 N–H and O–H groups in total. The Bertz CT molecular complexity index is 882. The maximum absolute atomic E-state index is 12.5. The summed E-state index contributed by atoms with van der Waals surface area (Å²) in [6.07, 6.45) is 0. The van der Waals surface area contributed by atoms with E-state index in [-0.39, 0.29) is 19.0 Å². The number of amides is 3. The maximum Gasteiger partial charge on any atom is 0.316 e. The van der Waals surface area contributed by atoms with Crippen molar-refractivity contribution in [3.8, 4) is 11.5 Å². The number of carbonyl (C=O) groups is 3. The zero-order valence-electron chi connectivity index (χ0n) is 15.7. The predicted molar refractivity (Wildman–Crippen MR) is 104 cm³/mol. The molecule has 1 saturated heterocycles. The summed E-state index contributed by atoms with van der Waals surface area (Å²) in [6, 6.07) is 13.8. The number of anilines is 2. The van der Waals surface area contributed by atoms with Crippen molar-refractivity contribution in [2.75, 3.05) is 44.1 Å². The number of methoxy groups -OCH3 is 2. The van der Waals surface area contributed by atoms with E-state index < -0.39 is 11.8 Å². The van der Waals surface area contributed by atoms with Crippen molar-refractivity contribution in [3.05, 3.63) is 48.5 Å². The second-order valence-corrected chi connectivity index (χ2v) is 6.16. The first kappa shape index (κ1) is 19.2. The van der Waals surface area contributed by atoms with Crippen molar-refractivity contribution >= 4 is 29.1 Å². The smallest absolute Gasteiger partial charge is 0.316 e. The number of piperazine rings is 1. The molecule has 1 heterocycles. The zero-order chi connectivity index (χ0) is 20.1. The third-order valence-corrected chi connectivity index (χ3v) is 4.38. The van der Waals surface area contributed by atoms with E-state index in [0.29, 0.717) is 29.4 Å². The van der Waals surface area contributed by atoms with E-state index >= 15 is 0 Å². The van der Waals surface area contributed by atoms with Gasteiger partial charge in [0.2, 0.25) is 5.91 Å². The lowest BCUT2D eigenvalue weighted by Gasteiger charge is -2.33. The van der Waals surface area contributed by atoms with Crippen LogP contribution in [0.25, 0.3) is 0 Å². The summed E-state index contributed by atoms with van der Waals surface area (Å²) < 4.78 is 10.2. The van der Waals surface area contributed by atoms with Gasteiger partial charge in [-0.2, -0.15) is 0 Å². The molecule has 0 atom stereocenters. The van der Waals surface area contributed by atoms with E-state index in [9.17, 15) is 14.4 Å². The average Bonchev–Trinajstić information content (AvgIpc) is 2.72. The number of hydrogen-bond donors (Lipinski definition) is 1. The van der Waals surface area contributed by atoms with Gasteiger partial charge in [0.15, 0.2) is 0 Å². The minimum atomic E-state index is -0.709. The van der Waals surface area contributed by atoms with E-state index in [1.165, 1.54) is 16.9 Å². The van der Waals surface area contributed by atoms with Crippen LogP contribution in [0.15, 0.2) is 48.5 Å². The SMILES string of the molecule is COc1ccc(NC(=O)CN2CCN(c3cccc(OC)c3)C(=O)C2=O)cc1. The summed E-state index contributed by atoms with van der Waals surface area (Å²) >= 11 is 0. The van der Waals surface area contributed by atoms with Gasteiger partial charge in [-0.3, -0.25) is 14.4 Å². The first-order valence-electron chi connectivity index (χ1n) is 8.70. The molecule has 1 aliphatic heterocycles. The lowest BCUT2D eigenvalue weighted by molar-refractivity contribution is -0.147. The number of ether oxygens (including phenoxy) is 2. The molecule has 28 heavy (non-hydrogen) atoms. The van der Waals surface area contributed by atoms with Crippen molar-refractivity contribution in [2.45, 2.75) is 0 Å². The lowest BCUT2D eigenvalue weighted by atomic mass is 10.2. The lowest BCUT2D eigenvalue weighted by Crippen LogP contribution is -2.56. The third kappa shape index (κ3) is 4.22. The Morgan fingerprint density at radius 2 is 1.68 bits per heavy atom. The van der Waals surface area contributed by atoms with Crippen molar-refractivity contribution in [1.29, 1.82) is 0 Å². The summed E-state index contributed by atoms with van der Waals surface area (Å²) in [6.45, 7) is 0.369. The van der Waals surface area contributed by atoms with Crippen molar-refractivity contribution in [3.63, 3.8) is 0 Å². The van der Waals surface area contributed by atoms with Crippen LogP contribution in [0.3, 0.4) is 0 Å². The Hall–Kier alpha value is -3.55. The quantitative estimate of drug-likeness (QED) is 0.764. The van der Waals surface area contributed by atoms with E-state index in [1.807, 2.05) is 0 Å². The van der Waals surface area contributed by atoms with Gasteiger partial charge in [-0.15, -0.1) is 0 Å². The number of hydrogen-bond acceptors (Lipinski definition) is 5. The van der Waals surface area contributed by atoms with Crippen LogP contribution in [0, 0.1) is 0 Å². The van der Waals surface area contributed by atoms with Crippen LogP contribution < -0.4 is 19.7 Å². The van der Waals surface area contributed by atoms with Gasteiger partial charge in [-0.05, 0) is 36.4 Å². The highest BCUT2D eigenvalue weighted by Crippen LogP contribution is 2.23. The van der Waals surface area contributed by atoms with Gasteiger partial charge in [0, 0.05) is 30.5 Å². The molecule has 0 radical (unpaired) electrons. The second-order valence-electron chi connectivity index (χ2n) is 6.16. The summed E-state index contributed by atoms with van der Waals surface area (Å²) in [5.74, 6) is -0.483. The molecule has 1 fully saturated rings. The van der Waals surface area contributed by atoms with Crippen LogP contribution in [0.5, 0.6) is 11.5 Å². The highest BCUT2D eigenvalue weighted by Gasteiger charge is 2.34. The summed E-state index contributed by atoms with van der Waals surface area (Å²) in [5.41, 5.74) is 1.17. The standard InChI is InChI=1S/C20H21N3O5/c1-27-16-8-6-14(7-9-16)21-18(24)13-22-10-11-23(20(26)19(22)25)15-4-3-5-17(12-15)28-2/h3-9,12H,10-11,13H2,1-2H3,(H,21,24). The van der Waals surface area contributed by atoms with Gasteiger partial charge >= 0.3 is 11.8 Å². The van der Waals surface area contributed by atoms with Gasteiger partial charge in [0.25, 0.3) is 0 Å². The molecular formula is C20H21N3O5. The van der Waals surface area contributed by atoms with Gasteiger partial charge in [0.1, 0.15) is 18.0 Å². The van der Waals surface area contributed by atoms with Gasteiger partial charge in [-0.1, -0.05) is 6.07 Å². The van der Waals surface area contributed by atoms with Crippen LogP contribution in [-0.4, -0.2) is 56.5 Å². The molecule has 2 aromatic rings. The van der Waals surface area contributed by atoms with Gasteiger partial charge < -0.3 is 24.6 Å². The second kappa shape index (κ2) is 8.43. The Labute approximate surface area is 162 Å². The molecule has 2 aromatic carbocycles. The summed E-state index contributed by atoms with van der Waals surface area (Å²) in [4.78, 5) is 39.8. The minimum absolute atomic E-state index is 0.192. The van der Waals surface area contributed by atoms with Crippen molar-refractivity contribution < 1.29 is 23.9 Å². The fraction of sp³-hybridized carbons (Fsp3) is 0.250. The van der Waals surface area contributed by atoms with Gasteiger partial charge in [0.05, 0.1) is 14.2 Å². The average molecular weight is 383 g/mol. The molecule has 0 spiro atoms. The minimum Gasteiger partial charge on any atom is -0.497 e. The molecule has 146 valence electrons. The van der Waals surface area contributed by atoms with Crippen LogP contribution in [0.4, 0.5) is 11.4 Å². The van der Waals surface area contributed by atoms with E-state index in [4.69, 9.17) is 9.47 Å². The molecule has 8 heteroatoms. The first-order chi connectivity index (χ1) is 13.5. The molecule has 0 bridgehead atoms. The number of nitrogens with zero attached hydrogens (tertiary/aromatic N) is 2. The number of rotatable bonds is 6. The highest BCUT2D eigenvalue weighted by atomic mass is 16.5. The van der Waals surface area contributed by atoms with Crippen LogP contribution >= 0.6 is 0 Å². The van der Waals surface area contributed by atoms with E-state index in [2.05, 4.69) is 5.32 Å². The molecule has 0 aliphatic carbocycles. The monoisotopic (exact) mass is 383 g/mol. The third-order valence-electron chi connectivity index (χ3n) is 4.38. The molecule has 8 nitrogen and oxygen atoms in total. The summed E-state index contributed by atoms with van der Waals surface area (Å²) in [7, 11) is 3.09. The molecule has 1 aliphatic rings. The molecule has 0 saturated carbocycles. The Morgan fingerprint density at radius 3 is 2.36 bits per heavy atom. The van der Waals surface area contributed by atoms with Crippen LogP contribution in [-0.2, 0) is 14.4 Å². The molecular weight excluding hydrogens is 362 g/mol. The molecule has 3 rings (SSSR count). The highest BCUT2D eigenvalue weighted by molar-refractivity contribution is 6.41. The first-order valence-corrected chi connectivity index (χ1v) is 8.70. The van der Waals surface area contributed by atoms with Crippen molar-refractivity contribution in [1.82, 2.24) is 4.90 Å². The van der Waals surface area contributed by atoms with Crippen LogP contribution in [0.1, 0.15) is 0 Å². The predicted octanol–water partition coefficient (Wildman–Crippen LogP) is 1.52. The Morgan fingerprint density at radius 1 is 0.964 bits per heavy atom. The zero-order valence-corrected chi connectivity index (χ0v) is 15.7. The van der Waals surface area contributed by atoms with Gasteiger partial charge in [-0.25, -0.2) is 0 Å². The fourth-order valence-electron chi connectivity index (χ4n) is 2.90. The van der Waals surface area contributed by atoms with E-state index in [1.54, 1.807) is 55.6 Å². The fourth-order valence-corrected chi connectivity index (χ4v) is 2.90. The molecule has 0 aromatic heterocycles. The Kier molecular flexibility index (Phi) is 5.78. The number of benzene rings is 2. The number of nitrogens with one attached hydrogen (secondary N) is 1. The van der Waals surface area contributed by atoms with Crippen LogP contribution in [0.2, 0.25) is 0 Å². The molecule has 3 amide bonds. The van der Waals surface area contributed by atoms with E-state index in [0.717, 1.165) is 0 Å². The normalized spacial score (nSPS) is 14.1. The number of carbonyl (C=O) groups excluding carboxylic acids is 3. The molecule has 0 unspecified atom stereocenters. The topological polar surface area (TPSA) is 88.2 Å². The largest absolute Gasteiger partial charge is 0.497 e.